The molecule has 0 unspecified atom stereocenters. The number of hydrogen-bond acceptors (Lipinski definition) is 4. The van der Waals surface area contributed by atoms with E-state index in [0.717, 1.165) is 18.4 Å². The molecule has 2 saturated heterocycles. The number of carbonyl (C=O) groups excluding carboxylic acids is 2. The van der Waals surface area contributed by atoms with Crippen molar-refractivity contribution in [1.82, 2.24) is 14.8 Å². The van der Waals surface area contributed by atoms with Gasteiger partial charge in [0.2, 0.25) is 0 Å². The van der Waals surface area contributed by atoms with Crippen LogP contribution in [0.5, 0.6) is 0 Å². The summed E-state index contributed by atoms with van der Waals surface area (Å²) in [5, 5.41) is 0. The number of methoxy groups -OCH3 is 1. The number of carbonyl (C=O) groups is 2. The van der Waals surface area contributed by atoms with Gasteiger partial charge in [-0.2, -0.15) is 0 Å². The van der Waals surface area contributed by atoms with Crippen LogP contribution in [0.1, 0.15) is 42.6 Å². The van der Waals surface area contributed by atoms with Gasteiger partial charge in [-0.15, -0.1) is 0 Å². The van der Waals surface area contributed by atoms with Crippen molar-refractivity contribution < 1.29 is 14.3 Å². The molecule has 25 heavy (non-hydrogen) atoms. The largest absolute Gasteiger partial charge is 0.369 e. The van der Waals surface area contributed by atoms with Crippen LogP contribution >= 0.6 is 0 Å². The van der Waals surface area contributed by atoms with E-state index >= 15 is 0 Å². The topological polar surface area (TPSA) is 62.7 Å². The van der Waals surface area contributed by atoms with Gasteiger partial charge in [-0.25, -0.2) is 0 Å². The second-order valence-corrected chi connectivity index (χ2v) is 7.31. The Kier molecular flexibility index (Phi) is 5.08. The van der Waals surface area contributed by atoms with Crippen LogP contribution in [-0.4, -0.2) is 65.0 Å². The maximum atomic E-state index is 12.7. The van der Waals surface area contributed by atoms with Gasteiger partial charge in [0.15, 0.2) is 6.10 Å². The number of β-lactam (4-membered cyclic amide) rings is 1. The van der Waals surface area contributed by atoms with E-state index < -0.39 is 0 Å². The van der Waals surface area contributed by atoms with Crippen LogP contribution in [0.2, 0.25) is 0 Å². The Labute approximate surface area is 149 Å². The van der Waals surface area contributed by atoms with Gasteiger partial charge in [-0.05, 0) is 51.2 Å². The van der Waals surface area contributed by atoms with E-state index in [4.69, 9.17) is 4.74 Å². The minimum absolute atomic E-state index is 0.0535. The van der Waals surface area contributed by atoms with Crippen molar-refractivity contribution in [3.8, 4) is 0 Å². The average molecular weight is 345 g/mol. The van der Waals surface area contributed by atoms with Crippen LogP contribution < -0.4 is 0 Å². The summed E-state index contributed by atoms with van der Waals surface area (Å²) in [5.41, 5.74) is 1.63. The standard InChI is InChI=1S/C19H27N3O3/c1-12(2)22-16(17(25-4)19(22)24)14-6-9-21(10-7-14)18(23)15-11-20-8-5-13(15)3/h5,8,11-12,14,16-17H,6-7,9-10H2,1-4H3/t16-,17+/m0/s1. The van der Waals surface area contributed by atoms with Crippen LogP contribution in [0.4, 0.5) is 0 Å². The second kappa shape index (κ2) is 7.12. The number of pyridine rings is 1. The Morgan fingerprint density at radius 2 is 2.00 bits per heavy atom. The molecule has 0 saturated carbocycles. The van der Waals surface area contributed by atoms with Crippen LogP contribution in [0, 0.1) is 12.8 Å². The van der Waals surface area contributed by atoms with Crippen molar-refractivity contribution in [2.75, 3.05) is 20.2 Å². The molecule has 0 N–H and O–H groups in total. The van der Waals surface area contributed by atoms with Gasteiger partial charge >= 0.3 is 0 Å². The Hall–Kier alpha value is -1.95. The predicted octanol–water partition coefficient (Wildman–Crippen LogP) is 1.88. The van der Waals surface area contributed by atoms with Gasteiger partial charge in [-0.1, -0.05) is 0 Å². The highest BCUT2D eigenvalue weighted by Gasteiger charge is 2.52. The van der Waals surface area contributed by atoms with Gasteiger partial charge in [0.1, 0.15) is 0 Å². The number of piperidine rings is 1. The van der Waals surface area contributed by atoms with E-state index in [1.54, 1.807) is 19.5 Å². The fraction of sp³-hybridized carbons (Fsp3) is 0.632. The second-order valence-electron chi connectivity index (χ2n) is 7.31. The Morgan fingerprint density at radius 1 is 1.32 bits per heavy atom. The lowest BCUT2D eigenvalue weighted by atomic mass is 9.79. The number of amides is 2. The van der Waals surface area contributed by atoms with Crippen LogP contribution in [-0.2, 0) is 9.53 Å². The molecule has 2 aliphatic heterocycles. The van der Waals surface area contributed by atoms with E-state index in [0.29, 0.717) is 24.6 Å². The van der Waals surface area contributed by atoms with Crippen LogP contribution in [0.15, 0.2) is 18.5 Å². The average Bonchev–Trinajstić information content (AvgIpc) is 2.59. The highest BCUT2D eigenvalue weighted by atomic mass is 16.5. The summed E-state index contributed by atoms with van der Waals surface area (Å²) in [6.07, 6.45) is 4.82. The molecule has 3 rings (SSSR count). The van der Waals surface area contributed by atoms with Gasteiger partial charge in [0, 0.05) is 38.6 Å². The first-order valence-electron chi connectivity index (χ1n) is 9.00. The van der Waals surface area contributed by atoms with Crippen molar-refractivity contribution in [1.29, 1.82) is 0 Å². The highest BCUT2D eigenvalue weighted by molar-refractivity contribution is 5.95. The molecule has 0 radical (unpaired) electrons. The lowest BCUT2D eigenvalue weighted by Crippen LogP contribution is -2.70. The van der Waals surface area contributed by atoms with Gasteiger partial charge in [0.05, 0.1) is 11.6 Å². The number of aromatic nitrogens is 1. The van der Waals surface area contributed by atoms with Crippen molar-refractivity contribution in [3.05, 3.63) is 29.6 Å². The first-order valence-corrected chi connectivity index (χ1v) is 9.00. The summed E-state index contributed by atoms with van der Waals surface area (Å²) < 4.78 is 5.42. The Bertz CT molecular complexity index is 653. The zero-order valence-corrected chi connectivity index (χ0v) is 15.4. The third kappa shape index (κ3) is 3.15. The number of nitrogens with zero attached hydrogens (tertiary/aromatic N) is 3. The summed E-state index contributed by atoms with van der Waals surface area (Å²) >= 11 is 0. The molecule has 0 spiro atoms. The molecule has 1 aromatic rings. The van der Waals surface area contributed by atoms with E-state index in [-0.39, 0.29) is 30.0 Å². The molecule has 1 aromatic heterocycles. The van der Waals surface area contributed by atoms with Crippen molar-refractivity contribution in [3.63, 3.8) is 0 Å². The molecule has 2 atom stereocenters. The fourth-order valence-electron chi connectivity index (χ4n) is 4.12. The molecule has 2 aliphatic rings. The summed E-state index contributed by atoms with van der Waals surface area (Å²) in [6, 6.07) is 2.18. The first kappa shape index (κ1) is 17.9. The molecule has 3 heterocycles. The monoisotopic (exact) mass is 345 g/mol. The third-order valence-electron chi connectivity index (χ3n) is 5.52. The number of hydrogen-bond donors (Lipinski definition) is 0. The molecule has 2 amide bonds. The molecule has 0 aliphatic carbocycles. The number of aryl methyl sites for hydroxylation is 1. The summed E-state index contributed by atoms with van der Waals surface area (Å²) in [7, 11) is 1.61. The smallest absolute Gasteiger partial charge is 0.255 e. The Morgan fingerprint density at radius 3 is 2.56 bits per heavy atom. The summed E-state index contributed by atoms with van der Waals surface area (Å²) in [6.45, 7) is 7.45. The molecule has 6 nitrogen and oxygen atoms in total. The minimum atomic E-state index is -0.324. The fourth-order valence-corrected chi connectivity index (χ4v) is 4.12. The van der Waals surface area contributed by atoms with Crippen LogP contribution in [0.3, 0.4) is 0 Å². The predicted molar refractivity (Wildman–Crippen MR) is 94.2 cm³/mol. The molecule has 0 aromatic carbocycles. The normalized spacial score (nSPS) is 24.6. The third-order valence-corrected chi connectivity index (χ3v) is 5.52. The summed E-state index contributed by atoms with van der Waals surface area (Å²) in [5.74, 6) is 0.522. The molecular weight excluding hydrogens is 318 g/mol. The number of rotatable bonds is 4. The van der Waals surface area contributed by atoms with E-state index in [2.05, 4.69) is 4.98 Å². The first-order chi connectivity index (χ1) is 12.0. The van der Waals surface area contributed by atoms with E-state index in [9.17, 15) is 9.59 Å². The maximum absolute atomic E-state index is 12.7. The SMILES string of the molecule is CO[C@H]1C(=O)N(C(C)C)[C@H]1C1CCN(C(=O)c2cnccc2C)CC1. The number of ether oxygens (including phenoxy) is 1. The zero-order valence-electron chi connectivity index (χ0n) is 15.4. The zero-order chi connectivity index (χ0) is 18.1. The molecular formula is C19H27N3O3. The lowest BCUT2D eigenvalue weighted by Gasteiger charge is -2.53. The van der Waals surface area contributed by atoms with Crippen molar-refractivity contribution >= 4 is 11.8 Å². The van der Waals surface area contributed by atoms with Gasteiger partial charge in [0.25, 0.3) is 11.8 Å². The molecule has 6 heteroatoms. The molecule has 2 fully saturated rings. The number of likely N-dealkylation sites (tertiary alicyclic amines) is 2. The lowest BCUT2D eigenvalue weighted by molar-refractivity contribution is -0.181. The van der Waals surface area contributed by atoms with E-state index in [1.807, 2.05) is 36.6 Å². The van der Waals surface area contributed by atoms with Gasteiger partial charge in [-0.3, -0.25) is 14.6 Å². The van der Waals surface area contributed by atoms with E-state index in [1.165, 1.54) is 0 Å². The molecule has 136 valence electrons. The highest BCUT2D eigenvalue weighted by Crippen LogP contribution is 2.36. The summed E-state index contributed by atoms with van der Waals surface area (Å²) in [4.78, 5) is 32.9. The van der Waals surface area contributed by atoms with Crippen molar-refractivity contribution in [2.45, 2.75) is 51.8 Å². The quantitative estimate of drug-likeness (QED) is 0.782. The maximum Gasteiger partial charge on any atom is 0.255 e. The molecule has 0 bridgehead atoms. The van der Waals surface area contributed by atoms with Crippen LogP contribution in [0.25, 0.3) is 0 Å². The van der Waals surface area contributed by atoms with Gasteiger partial charge < -0.3 is 14.5 Å². The van der Waals surface area contributed by atoms with Crippen molar-refractivity contribution in [2.24, 2.45) is 5.92 Å². The minimum Gasteiger partial charge on any atom is -0.369 e. The Balaban J connectivity index is 1.65.